The molecule has 0 aliphatic carbocycles. The van der Waals surface area contributed by atoms with E-state index in [1.165, 1.54) is 5.52 Å². The van der Waals surface area contributed by atoms with Crippen molar-refractivity contribution in [3.8, 4) is 0 Å². The van der Waals surface area contributed by atoms with Gasteiger partial charge in [0.05, 0.1) is 17.1 Å². The first-order valence-electron chi connectivity index (χ1n) is 6.82. The van der Waals surface area contributed by atoms with E-state index in [0.717, 1.165) is 17.9 Å². The number of likely N-dealkylation sites (N-methyl/N-ethyl adjacent to an activating group) is 1. The van der Waals surface area contributed by atoms with Crippen LogP contribution in [0.25, 0.3) is 11.0 Å². The second-order valence-electron chi connectivity index (χ2n) is 5.46. The molecule has 1 N–H and O–H groups in total. The van der Waals surface area contributed by atoms with Gasteiger partial charge in [0.1, 0.15) is 5.82 Å². The largest absolute Gasteiger partial charge is 0.330 e. The average Bonchev–Trinajstić information content (AvgIpc) is 2.73. The van der Waals surface area contributed by atoms with E-state index in [0.29, 0.717) is 6.04 Å². The molecule has 2 unspecified atom stereocenters. The van der Waals surface area contributed by atoms with Crippen molar-refractivity contribution in [3.05, 3.63) is 30.1 Å². The fourth-order valence-corrected chi connectivity index (χ4v) is 2.17. The maximum absolute atomic E-state index is 4.72. The Morgan fingerprint density at radius 2 is 1.95 bits per heavy atom. The third-order valence-corrected chi connectivity index (χ3v) is 3.81. The number of benzene rings is 1. The number of hydrogen-bond acceptors (Lipinski definition) is 3. The van der Waals surface area contributed by atoms with Crippen LogP contribution in [0.2, 0.25) is 0 Å². The summed E-state index contributed by atoms with van der Waals surface area (Å²) in [5, 5.41) is 3.56. The third-order valence-electron chi connectivity index (χ3n) is 3.81. The Morgan fingerprint density at radius 1 is 1.26 bits per heavy atom. The van der Waals surface area contributed by atoms with Crippen LogP contribution < -0.4 is 5.32 Å². The summed E-state index contributed by atoms with van der Waals surface area (Å²) < 4.78 is 2.17. The van der Waals surface area contributed by atoms with E-state index in [1.807, 2.05) is 6.07 Å². The molecular formula is C15H24N4. The minimum atomic E-state index is 0.250. The standard InChI is InChI=1S/C15H24N4/c1-11(18(3)4)10-16-12(2)15-17-13-8-6-7-9-14(13)19(15)5/h6-9,11-12,16H,10H2,1-5H3. The highest BCUT2D eigenvalue weighted by molar-refractivity contribution is 5.75. The predicted molar refractivity (Wildman–Crippen MR) is 80.3 cm³/mol. The highest BCUT2D eigenvalue weighted by Crippen LogP contribution is 2.19. The van der Waals surface area contributed by atoms with Gasteiger partial charge in [-0.15, -0.1) is 0 Å². The second kappa shape index (κ2) is 5.72. The Labute approximate surface area is 115 Å². The molecular weight excluding hydrogens is 236 g/mol. The number of nitrogens with zero attached hydrogens (tertiary/aromatic N) is 3. The minimum absolute atomic E-state index is 0.250. The number of nitrogens with one attached hydrogen (secondary N) is 1. The Kier molecular flexibility index (Phi) is 4.22. The SMILES string of the molecule is CC(NCC(C)N(C)C)c1nc2ccccc2n1C. The van der Waals surface area contributed by atoms with Gasteiger partial charge in [0.15, 0.2) is 0 Å². The van der Waals surface area contributed by atoms with Gasteiger partial charge in [-0.25, -0.2) is 4.98 Å². The first kappa shape index (κ1) is 14.0. The zero-order valence-corrected chi connectivity index (χ0v) is 12.5. The molecule has 4 nitrogen and oxygen atoms in total. The fourth-order valence-electron chi connectivity index (χ4n) is 2.17. The number of aromatic nitrogens is 2. The molecule has 0 aliphatic rings. The molecule has 1 aromatic heterocycles. The topological polar surface area (TPSA) is 33.1 Å². The molecule has 0 fully saturated rings. The van der Waals surface area contributed by atoms with Crippen molar-refractivity contribution >= 4 is 11.0 Å². The van der Waals surface area contributed by atoms with Gasteiger partial charge in [-0.2, -0.15) is 0 Å². The first-order chi connectivity index (χ1) is 9.00. The normalized spacial score (nSPS) is 15.1. The van der Waals surface area contributed by atoms with Crippen molar-refractivity contribution in [3.63, 3.8) is 0 Å². The molecule has 2 aromatic rings. The molecule has 2 atom stereocenters. The summed E-state index contributed by atoms with van der Waals surface area (Å²) in [6.45, 7) is 5.34. The molecule has 0 saturated carbocycles. The summed E-state index contributed by atoms with van der Waals surface area (Å²) in [6, 6.07) is 9.03. The summed E-state index contributed by atoms with van der Waals surface area (Å²) in [6.07, 6.45) is 0. The lowest BCUT2D eigenvalue weighted by Crippen LogP contribution is -2.37. The van der Waals surface area contributed by atoms with E-state index in [4.69, 9.17) is 4.98 Å². The lowest BCUT2D eigenvalue weighted by Gasteiger charge is -2.22. The Hall–Kier alpha value is -1.39. The van der Waals surface area contributed by atoms with Crippen molar-refractivity contribution in [2.75, 3.05) is 20.6 Å². The van der Waals surface area contributed by atoms with Gasteiger partial charge in [-0.3, -0.25) is 0 Å². The van der Waals surface area contributed by atoms with Crippen LogP contribution in [0.15, 0.2) is 24.3 Å². The number of para-hydroxylation sites is 2. The van der Waals surface area contributed by atoms with Crippen LogP contribution in [-0.4, -0.2) is 41.1 Å². The summed E-state index contributed by atoms with van der Waals surface area (Å²) in [4.78, 5) is 6.94. The van der Waals surface area contributed by atoms with Gasteiger partial charge in [0, 0.05) is 19.6 Å². The molecule has 0 aliphatic heterocycles. The van der Waals surface area contributed by atoms with E-state index in [1.54, 1.807) is 0 Å². The van der Waals surface area contributed by atoms with Crippen LogP contribution in [0.4, 0.5) is 0 Å². The number of imidazole rings is 1. The Balaban J connectivity index is 2.13. The average molecular weight is 260 g/mol. The zero-order valence-electron chi connectivity index (χ0n) is 12.5. The van der Waals surface area contributed by atoms with Crippen molar-refractivity contribution in [2.24, 2.45) is 7.05 Å². The van der Waals surface area contributed by atoms with Gasteiger partial charge in [0.25, 0.3) is 0 Å². The van der Waals surface area contributed by atoms with E-state index in [9.17, 15) is 0 Å². The number of aryl methyl sites for hydroxylation is 1. The summed E-state index contributed by atoms with van der Waals surface area (Å²) >= 11 is 0. The molecule has 0 bridgehead atoms. The lowest BCUT2D eigenvalue weighted by atomic mass is 10.2. The van der Waals surface area contributed by atoms with E-state index in [-0.39, 0.29) is 6.04 Å². The molecule has 0 spiro atoms. The number of fused-ring (bicyclic) bond motifs is 1. The summed E-state index contributed by atoms with van der Waals surface area (Å²) in [7, 11) is 6.29. The molecule has 1 heterocycles. The van der Waals surface area contributed by atoms with Gasteiger partial charge in [-0.05, 0) is 40.1 Å². The molecule has 0 amide bonds. The van der Waals surface area contributed by atoms with Crippen molar-refractivity contribution in [2.45, 2.75) is 25.9 Å². The van der Waals surface area contributed by atoms with Crippen LogP contribution in [0.5, 0.6) is 0 Å². The first-order valence-corrected chi connectivity index (χ1v) is 6.82. The highest BCUT2D eigenvalue weighted by Gasteiger charge is 2.15. The fraction of sp³-hybridized carbons (Fsp3) is 0.533. The Bertz CT molecular complexity index is 544. The van der Waals surface area contributed by atoms with Crippen LogP contribution >= 0.6 is 0 Å². The Morgan fingerprint density at radius 3 is 2.58 bits per heavy atom. The number of rotatable bonds is 5. The highest BCUT2D eigenvalue weighted by atomic mass is 15.1. The van der Waals surface area contributed by atoms with Gasteiger partial charge < -0.3 is 14.8 Å². The molecule has 104 valence electrons. The molecule has 4 heteroatoms. The van der Waals surface area contributed by atoms with Gasteiger partial charge >= 0.3 is 0 Å². The predicted octanol–water partition coefficient (Wildman–Crippen LogP) is 2.17. The number of hydrogen-bond donors (Lipinski definition) is 1. The smallest absolute Gasteiger partial charge is 0.126 e. The van der Waals surface area contributed by atoms with Crippen LogP contribution in [-0.2, 0) is 7.05 Å². The van der Waals surface area contributed by atoms with Gasteiger partial charge in [0.2, 0.25) is 0 Å². The zero-order chi connectivity index (χ0) is 14.0. The monoisotopic (exact) mass is 260 g/mol. The van der Waals surface area contributed by atoms with Crippen LogP contribution in [0, 0.1) is 0 Å². The third kappa shape index (κ3) is 2.96. The molecule has 19 heavy (non-hydrogen) atoms. The quantitative estimate of drug-likeness (QED) is 0.894. The van der Waals surface area contributed by atoms with E-state index >= 15 is 0 Å². The van der Waals surface area contributed by atoms with Crippen molar-refractivity contribution < 1.29 is 0 Å². The maximum Gasteiger partial charge on any atom is 0.126 e. The summed E-state index contributed by atoms with van der Waals surface area (Å²) in [5.41, 5.74) is 2.25. The van der Waals surface area contributed by atoms with Crippen molar-refractivity contribution in [1.29, 1.82) is 0 Å². The molecule has 0 radical (unpaired) electrons. The lowest BCUT2D eigenvalue weighted by molar-refractivity contribution is 0.294. The van der Waals surface area contributed by atoms with E-state index < -0.39 is 0 Å². The minimum Gasteiger partial charge on any atom is -0.330 e. The van der Waals surface area contributed by atoms with Crippen LogP contribution in [0.3, 0.4) is 0 Å². The van der Waals surface area contributed by atoms with E-state index in [2.05, 4.69) is 68.0 Å². The molecule has 2 rings (SSSR count). The molecule has 0 saturated heterocycles. The molecule has 1 aromatic carbocycles. The second-order valence-corrected chi connectivity index (χ2v) is 5.46. The van der Waals surface area contributed by atoms with Gasteiger partial charge in [-0.1, -0.05) is 12.1 Å². The van der Waals surface area contributed by atoms with Crippen LogP contribution in [0.1, 0.15) is 25.7 Å². The van der Waals surface area contributed by atoms with Crippen molar-refractivity contribution in [1.82, 2.24) is 19.8 Å². The summed E-state index contributed by atoms with van der Waals surface area (Å²) in [5.74, 6) is 1.09. The maximum atomic E-state index is 4.72.